The van der Waals surface area contributed by atoms with Gasteiger partial charge in [-0.2, -0.15) is 0 Å². The highest BCUT2D eigenvalue weighted by molar-refractivity contribution is 6.35. The summed E-state index contributed by atoms with van der Waals surface area (Å²) in [5.74, 6) is 0.516. The number of amides is 1. The van der Waals surface area contributed by atoms with E-state index in [-0.39, 0.29) is 5.91 Å². The van der Waals surface area contributed by atoms with Crippen molar-refractivity contribution in [2.45, 2.75) is 26.2 Å². The SMILES string of the molecule is CCc1cccc2c1[nH]c1cc(NC(=O)CCCOc3ccc(Cl)cc3Cl)ccc12. The zero-order valence-corrected chi connectivity index (χ0v) is 18.1. The maximum absolute atomic E-state index is 12.3. The Morgan fingerprint density at radius 2 is 1.93 bits per heavy atom. The van der Waals surface area contributed by atoms with Gasteiger partial charge in [-0.3, -0.25) is 4.79 Å². The average Bonchev–Trinajstić information content (AvgIpc) is 3.10. The molecule has 154 valence electrons. The Labute approximate surface area is 185 Å². The minimum Gasteiger partial charge on any atom is -0.492 e. The second-order valence-electron chi connectivity index (χ2n) is 7.15. The van der Waals surface area contributed by atoms with Gasteiger partial charge in [0, 0.05) is 38.9 Å². The van der Waals surface area contributed by atoms with Crippen LogP contribution in [-0.4, -0.2) is 17.5 Å². The maximum Gasteiger partial charge on any atom is 0.224 e. The largest absolute Gasteiger partial charge is 0.492 e. The number of H-pyrrole nitrogens is 1. The number of aromatic amines is 1. The fraction of sp³-hybridized carbons (Fsp3) is 0.208. The molecule has 4 nitrogen and oxygen atoms in total. The molecular weight excluding hydrogens is 419 g/mol. The molecule has 0 fully saturated rings. The average molecular weight is 441 g/mol. The summed E-state index contributed by atoms with van der Waals surface area (Å²) >= 11 is 12.0. The molecule has 1 heterocycles. The van der Waals surface area contributed by atoms with E-state index in [2.05, 4.69) is 41.5 Å². The molecule has 0 saturated carbocycles. The van der Waals surface area contributed by atoms with Crippen LogP contribution < -0.4 is 10.1 Å². The van der Waals surface area contributed by atoms with Gasteiger partial charge in [0.15, 0.2) is 0 Å². The van der Waals surface area contributed by atoms with Crippen LogP contribution in [0.4, 0.5) is 5.69 Å². The molecule has 0 bridgehead atoms. The van der Waals surface area contributed by atoms with Crippen LogP contribution in [0.2, 0.25) is 10.0 Å². The lowest BCUT2D eigenvalue weighted by molar-refractivity contribution is -0.116. The fourth-order valence-electron chi connectivity index (χ4n) is 3.59. The number of hydrogen-bond acceptors (Lipinski definition) is 2. The van der Waals surface area contributed by atoms with Crippen molar-refractivity contribution in [2.75, 3.05) is 11.9 Å². The second kappa shape index (κ2) is 8.99. The lowest BCUT2D eigenvalue weighted by Gasteiger charge is -2.09. The summed E-state index contributed by atoms with van der Waals surface area (Å²) in [5.41, 5.74) is 4.25. The highest BCUT2D eigenvalue weighted by Gasteiger charge is 2.09. The van der Waals surface area contributed by atoms with Crippen molar-refractivity contribution in [2.24, 2.45) is 0 Å². The van der Waals surface area contributed by atoms with Crippen LogP contribution in [0.15, 0.2) is 54.6 Å². The predicted octanol–water partition coefficient (Wildman–Crippen LogP) is 6.99. The molecule has 2 N–H and O–H groups in total. The van der Waals surface area contributed by atoms with Crippen molar-refractivity contribution in [3.05, 3.63) is 70.2 Å². The Kier molecular flexibility index (Phi) is 6.16. The van der Waals surface area contributed by atoms with E-state index in [0.717, 1.165) is 28.5 Å². The van der Waals surface area contributed by atoms with E-state index in [1.54, 1.807) is 18.2 Å². The molecule has 1 aromatic heterocycles. The molecule has 3 aromatic carbocycles. The first-order valence-electron chi connectivity index (χ1n) is 9.96. The van der Waals surface area contributed by atoms with Crippen LogP contribution in [-0.2, 0) is 11.2 Å². The second-order valence-corrected chi connectivity index (χ2v) is 8.00. The van der Waals surface area contributed by atoms with Crippen LogP contribution in [0, 0.1) is 0 Å². The zero-order chi connectivity index (χ0) is 21.1. The molecule has 0 radical (unpaired) electrons. The zero-order valence-electron chi connectivity index (χ0n) is 16.6. The number of benzene rings is 3. The van der Waals surface area contributed by atoms with Crippen molar-refractivity contribution in [1.82, 2.24) is 4.98 Å². The van der Waals surface area contributed by atoms with Gasteiger partial charge in [0.2, 0.25) is 5.91 Å². The predicted molar refractivity (Wildman–Crippen MR) is 125 cm³/mol. The number of ether oxygens (including phenoxy) is 1. The number of aromatic nitrogens is 1. The number of aryl methyl sites for hydroxylation is 1. The van der Waals surface area contributed by atoms with E-state index in [1.165, 1.54) is 10.9 Å². The van der Waals surface area contributed by atoms with E-state index in [4.69, 9.17) is 27.9 Å². The van der Waals surface area contributed by atoms with Crippen LogP contribution in [0.3, 0.4) is 0 Å². The van der Waals surface area contributed by atoms with Gasteiger partial charge < -0.3 is 15.0 Å². The third-order valence-corrected chi connectivity index (χ3v) is 5.61. The van der Waals surface area contributed by atoms with Crippen LogP contribution in [0.1, 0.15) is 25.3 Å². The Morgan fingerprint density at radius 3 is 2.73 bits per heavy atom. The topological polar surface area (TPSA) is 54.1 Å². The molecule has 4 aromatic rings. The van der Waals surface area contributed by atoms with Crippen molar-refractivity contribution in [1.29, 1.82) is 0 Å². The Bertz CT molecular complexity index is 1220. The lowest BCUT2D eigenvalue weighted by atomic mass is 10.1. The number of hydrogen-bond donors (Lipinski definition) is 2. The summed E-state index contributed by atoms with van der Waals surface area (Å²) in [7, 11) is 0. The maximum atomic E-state index is 12.3. The summed E-state index contributed by atoms with van der Waals surface area (Å²) < 4.78 is 5.63. The molecule has 0 aliphatic rings. The van der Waals surface area contributed by atoms with Gasteiger partial charge in [0.25, 0.3) is 0 Å². The van der Waals surface area contributed by atoms with E-state index in [1.807, 2.05) is 12.1 Å². The monoisotopic (exact) mass is 440 g/mol. The summed E-state index contributed by atoms with van der Waals surface area (Å²) in [6.07, 6.45) is 1.91. The minimum absolute atomic E-state index is 0.0505. The Balaban J connectivity index is 1.36. The summed E-state index contributed by atoms with van der Waals surface area (Å²) in [5, 5.41) is 6.36. The normalized spacial score (nSPS) is 11.2. The first kappa shape index (κ1) is 20.6. The molecule has 0 aliphatic heterocycles. The van der Waals surface area contributed by atoms with Crippen molar-refractivity contribution in [3.63, 3.8) is 0 Å². The van der Waals surface area contributed by atoms with Gasteiger partial charge in [0.1, 0.15) is 5.75 Å². The number of halogens is 2. The van der Waals surface area contributed by atoms with Gasteiger partial charge in [-0.1, -0.05) is 54.4 Å². The number of carbonyl (C=O) groups is 1. The smallest absolute Gasteiger partial charge is 0.224 e. The third kappa shape index (κ3) is 4.40. The fourth-order valence-corrected chi connectivity index (χ4v) is 4.06. The van der Waals surface area contributed by atoms with Gasteiger partial charge in [-0.25, -0.2) is 0 Å². The van der Waals surface area contributed by atoms with Crippen molar-refractivity contribution < 1.29 is 9.53 Å². The molecule has 0 spiro atoms. The van der Waals surface area contributed by atoms with Crippen LogP contribution in [0.25, 0.3) is 21.8 Å². The summed E-state index contributed by atoms with van der Waals surface area (Å²) in [6, 6.07) is 17.4. The summed E-state index contributed by atoms with van der Waals surface area (Å²) in [4.78, 5) is 15.8. The molecule has 0 aliphatic carbocycles. The van der Waals surface area contributed by atoms with Crippen LogP contribution in [0.5, 0.6) is 5.75 Å². The molecular formula is C24H22Cl2N2O2. The molecule has 0 saturated heterocycles. The Morgan fingerprint density at radius 1 is 1.07 bits per heavy atom. The van der Waals surface area contributed by atoms with Gasteiger partial charge in [0.05, 0.1) is 11.6 Å². The molecule has 0 atom stereocenters. The first-order valence-corrected chi connectivity index (χ1v) is 10.7. The first-order chi connectivity index (χ1) is 14.5. The van der Waals surface area contributed by atoms with E-state index in [0.29, 0.717) is 35.2 Å². The van der Waals surface area contributed by atoms with Crippen molar-refractivity contribution in [3.8, 4) is 5.75 Å². The number of nitrogens with one attached hydrogen (secondary N) is 2. The van der Waals surface area contributed by atoms with Crippen LogP contribution >= 0.6 is 23.2 Å². The van der Waals surface area contributed by atoms with Gasteiger partial charge in [-0.05, 0) is 48.7 Å². The molecule has 6 heteroatoms. The molecule has 1 amide bonds. The highest BCUT2D eigenvalue weighted by Crippen LogP contribution is 2.30. The van der Waals surface area contributed by atoms with E-state index < -0.39 is 0 Å². The summed E-state index contributed by atoms with van der Waals surface area (Å²) in [6.45, 7) is 2.55. The number of anilines is 1. The number of rotatable bonds is 7. The van der Waals surface area contributed by atoms with Gasteiger partial charge >= 0.3 is 0 Å². The van der Waals surface area contributed by atoms with Crippen molar-refractivity contribution >= 4 is 56.6 Å². The lowest BCUT2D eigenvalue weighted by Crippen LogP contribution is -2.12. The highest BCUT2D eigenvalue weighted by atomic mass is 35.5. The molecule has 0 unspecified atom stereocenters. The number of para-hydroxylation sites is 1. The Hall–Kier alpha value is -2.69. The quantitative estimate of drug-likeness (QED) is 0.304. The minimum atomic E-state index is -0.0505. The molecule has 4 rings (SSSR count). The number of fused-ring (bicyclic) bond motifs is 3. The number of carbonyl (C=O) groups excluding carboxylic acids is 1. The van der Waals surface area contributed by atoms with E-state index >= 15 is 0 Å². The third-order valence-electron chi connectivity index (χ3n) is 5.08. The van der Waals surface area contributed by atoms with E-state index in [9.17, 15) is 4.79 Å². The molecule has 30 heavy (non-hydrogen) atoms. The van der Waals surface area contributed by atoms with Gasteiger partial charge in [-0.15, -0.1) is 0 Å². The standard InChI is InChI=1S/C24H22Cl2N2O2/c1-2-15-5-3-6-19-18-10-9-17(14-21(18)28-24(15)19)27-23(29)7-4-12-30-22-11-8-16(25)13-20(22)26/h3,5-6,8-11,13-14,28H,2,4,7,12H2,1H3,(H,27,29).